The molecule has 2 aromatic rings. The zero-order valence-electron chi connectivity index (χ0n) is 16.3. The molecule has 3 atom stereocenters. The van der Waals surface area contributed by atoms with Gasteiger partial charge in [-0.1, -0.05) is 18.2 Å². The predicted octanol–water partition coefficient (Wildman–Crippen LogP) is 3.93. The second-order valence-corrected chi connectivity index (χ2v) is 7.51. The monoisotopic (exact) mass is 404 g/mol. The third-order valence-corrected chi connectivity index (χ3v) is 5.38. The van der Waals surface area contributed by atoms with Crippen molar-refractivity contribution in [2.24, 2.45) is 4.99 Å². The van der Waals surface area contributed by atoms with Gasteiger partial charge in [0.2, 0.25) is 0 Å². The molecule has 5 nitrogen and oxygen atoms in total. The molecule has 0 bridgehead atoms. The molecule has 0 radical (unpaired) electrons. The summed E-state index contributed by atoms with van der Waals surface area (Å²) in [4.78, 5) is 13.2. The molecule has 0 amide bonds. The van der Waals surface area contributed by atoms with E-state index in [2.05, 4.69) is 9.88 Å². The van der Waals surface area contributed by atoms with E-state index < -0.39 is 18.0 Å². The van der Waals surface area contributed by atoms with Crippen molar-refractivity contribution in [2.45, 2.75) is 44.9 Å². The number of alkyl halides is 3. The van der Waals surface area contributed by atoms with Crippen LogP contribution < -0.4 is 4.90 Å². The fourth-order valence-electron chi connectivity index (χ4n) is 4.07. The summed E-state index contributed by atoms with van der Waals surface area (Å²) in [6.45, 7) is 5.25. The highest BCUT2D eigenvalue weighted by atomic mass is 19.4. The van der Waals surface area contributed by atoms with Gasteiger partial charge < -0.3 is 9.64 Å². The van der Waals surface area contributed by atoms with E-state index in [1.54, 1.807) is 24.5 Å². The van der Waals surface area contributed by atoms with Gasteiger partial charge in [-0.2, -0.15) is 13.2 Å². The Morgan fingerprint density at radius 3 is 2.52 bits per heavy atom. The number of benzene rings is 1. The number of aliphatic imine (C=N–C) groups is 1. The fraction of sp³-hybridized carbons (Fsp3) is 0.429. The van der Waals surface area contributed by atoms with Crippen LogP contribution in [-0.2, 0) is 17.5 Å². The van der Waals surface area contributed by atoms with Crippen molar-refractivity contribution >= 4 is 12.0 Å². The fourth-order valence-corrected chi connectivity index (χ4v) is 4.07. The minimum Gasteiger partial charge on any atom is -0.378 e. The van der Waals surface area contributed by atoms with Crippen molar-refractivity contribution in [3.05, 3.63) is 59.3 Å². The lowest BCUT2D eigenvalue weighted by Crippen LogP contribution is -2.60. The van der Waals surface area contributed by atoms with E-state index in [1.807, 2.05) is 24.8 Å². The molecule has 0 N–H and O–H groups in total. The van der Waals surface area contributed by atoms with Crippen molar-refractivity contribution in [3.8, 4) is 0 Å². The predicted molar refractivity (Wildman–Crippen MR) is 105 cm³/mol. The van der Waals surface area contributed by atoms with Crippen LogP contribution >= 0.6 is 0 Å². The first-order valence-corrected chi connectivity index (χ1v) is 9.61. The normalized spacial score (nSPS) is 25.1. The van der Waals surface area contributed by atoms with E-state index in [0.717, 1.165) is 11.6 Å². The highest BCUT2D eigenvalue weighted by Crippen LogP contribution is 2.35. The smallest absolute Gasteiger partial charge is 0.378 e. The molecule has 2 unspecified atom stereocenters. The van der Waals surface area contributed by atoms with E-state index in [1.165, 1.54) is 12.1 Å². The average Bonchev–Trinajstić information content (AvgIpc) is 2.69. The maximum Gasteiger partial charge on any atom is 0.416 e. The van der Waals surface area contributed by atoms with Gasteiger partial charge in [0.15, 0.2) is 6.29 Å². The number of nitrogens with zero attached hydrogens (tertiary/aromatic N) is 4. The van der Waals surface area contributed by atoms with Crippen LogP contribution in [0.2, 0.25) is 0 Å². The maximum atomic E-state index is 13.6. The van der Waals surface area contributed by atoms with Crippen LogP contribution in [0.1, 0.15) is 30.5 Å². The van der Waals surface area contributed by atoms with Gasteiger partial charge in [-0.05, 0) is 37.6 Å². The number of rotatable bonds is 3. The van der Waals surface area contributed by atoms with Gasteiger partial charge in [0.1, 0.15) is 5.82 Å². The Balaban J connectivity index is 1.76. The number of morpholine rings is 1. The van der Waals surface area contributed by atoms with E-state index in [-0.39, 0.29) is 24.2 Å². The quantitative estimate of drug-likeness (QED) is 0.777. The minimum absolute atomic E-state index is 0.0541. The summed E-state index contributed by atoms with van der Waals surface area (Å²) >= 11 is 0. The summed E-state index contributed by atoms with van der Waals surface area (Å²) < 4.78 is 46.4. The molecule has 1 aromatic carbocycles. The molecular formula is C21H23F3N4O. The first kappa shape index (κ1) is 19.8. The number of anilines is 1. The van der Waals surface area contributed by atoms with Gasteiger partial charge in [0.05, 0.1) is 18.8 Å². The van der Waals surface area contributed by atoms with Gasteiger partial charge in [-0.3, -0.25) is 9.89 Å². The first-order chi connectivity index (χ1) is 13.9. The van der Waals surface area contributed by atoms with Gasteiger partial charge >= 0.3 is 6.18 Å². The molecule has 2 aliphatic heterocycles. The molecule has 4 rings (SSSR count). The van der Waals surface area contributed by atoms with Crippen molar-refractivity contribution in [1.82, 2.24) is 9.88 Å². The number of aromatic nitrogens is 1. The van der Waals surface area contributed by atoms with E-state index in [9.17, 15) is 13.2 Å². The second-order valence-electron chi connectivity index (χ2n) is 7.51. The van der Waals surface area contributed by atoms with Crippen molar-refractivity contribution < 1.29 is 17.9 Å². The number of pyridine rings is 1. The Kier molecular flexibility index (Phi) is 5.31. The van der Waals surface area contributed by atoms with Crippen LogP contribution in [-0.4, -0.2) is 47.7 Å². The maximum absolute atomic E-state index is 13.6. The van der Waals surface area contributed by atoms with E-state index >= 15 is 0 Å². The Bertz CT molecular complexity index is 891. The van der Waals surface area contributed by atoms with Crippen LogP contribution in [0.25, 0.3) is 0 Å². The summed E-state index contributed by atoms with van der Waals surface area (Å²) in [6, 6.07) is 9.51. The number of halogens is 3. The molecule has 0 saturated carbocycles. The lowest BCUT2D eigenvalue weighted by Gasteiger charge is -2.47. The summed E-state index contributed by atoms with van der Waals surface area (Å²) in [5.41, 5.74) is 0.364. The number of ether oxygens (including phenoxy) is 1. The Labute approximate surface area is 167 Å². The highest BCUT2D eigenvalue weighted by Gasteiger charge is 2.39. The van der Waals surface area contributed by atoms with Crippen LogP contribution in [0.4, 0.5) is 19.0 Å². The zero-order chi connectivity index (χ0) is 20.6. The van der Waals surface area contributed by atoms with Crippen LogP contribution in [0.5, 0.6) is 0 Å². The zero-order valence-corrected chi connectivity index (χ0v) is 16.3. The third kappa shape index (κ3) is 3.86. The van der Waals surface area contributed by atoms with Crippen molar-refractivity contribution in [3.63, 3.8) is 0 Å². The van der Waals surface area contributed by atoms with E-state index in [4.69, 9.17) is 9.73 Å². The number of hydrogen-bond acceptors (Lipinski definition) is 5. The molecule has 0 aliphatic carbocycles. The van der Waals surface area contributed by atoms with Gasteiger partial charge in [0, 0.05) is 36.6 Å². The highest BCUT2D eigenvalue weighted by molar-refractivity contribution is 5.88. The molecule has 154 valence electrons. The first-order valence-electron chi connectivity index (χ1n) is 9.61. The molecule has 29 heavy (non-hydrogen) atoms. The largest absolute Gasteiger partial charge is 0.416 e. The summed E-state index contributed by atoms with van der Waals surface area (Å²) in [7, 11) is 0. The molecule has 1 fully saturated rings. The Morgan fingerprint density at radius 2 is 1.79 bits per heavy atom. The van der Waals surface area contributed by atoms with Crippen LogP contribution in [0.15, 0.2) is 47.6 Å². The van der Waals surface area contributed by atoms with Gasteiger partial charge in [0.25, 0.3) is 0 Å². The number of fused-ring (bicyclic) bond motifs is 1. The van der Waals surface area contributed by atoms with Gasteiger partial charge in [-0.15, -0.1) is 0 Å². The molecule has 1 saturated heterocycles. The van der Waals surface area contributed by atoms with Crippen LogP contribution in [0.3, 0.4) is 0 Å². The average molecular weight is 404 g/mol. The minimum atomic E-state index is -4.42. The van der Waals surface area contributed by atoms with Crippen LogP contribution in [0, 0.1) is 0 Å². The molecule has 2 aliphatic rings. The molecular weight excluding hydrogens is 381 g/mol. The Morgan fingerprint density at radius 1 is 1.07 bits per heavy atom. The van der Waals surface area contributed by atoms with E-state index in [0.29, 0.717) is 19.0 Å². The number of hydrogen-bond donors (Lipinski definition) is 0. The molecule has 1 aromatic heterocycles. The lowest BCUT2D eigenvalue weighted by molar-refractivity contribution is -0.138. The lowest BCUT2D eigenvalue weighted by atomic mass is 10.1. The SMILES string of the molecule is CC1COC[C@@H](C)N1C1N=Cc2cccnc2N1Cc1ccccc1C(F)(F)F. The molecule has 3 heterocycles. The molecule has 0 spiro atoms. The second kappa shape index (κ2) is 7.76. The summed E-state index contributed by atoms with van der Waals surface area (Å²) in [5.74, 6) is 0.635. The third-order valence-electron chi connectivity index (χ3n) is 5.38. The summed E-state index contributed by atoms with van der Waals surface area (Å²) in [6.07, 6.45) is -1.46. The summed E-state index contributed by atoms with van der Waals surface area (Å²) in [5, 5.41) is 0. The molecule has 8 heteroatoms. The van der Waals surface area contributed by atoms with Crippen molar-refractivity contribution in [2.75, 3.05) is 18.1 Å². The topological polar surface area (TPSA) is 41.0 Å². The Hall–Kier alpha value is -2.45. The van der Waals surface area contributed by atoms with Gasteiger partial charge in [-0.25, -0.2) is 4.98 Å². The van der Waals surface area contributed by atoms with Crippen molar-refractivity contribution in [1.29, 1.82) is 0 Å². The standard InChI is InChI=1S/C21H23F3N4O/c1-14-12-29-13-15(2)28(14)20-26-10-16-7-5-9-25-19(16)27(20)11-17-6-3-4-8-18(17)21(22,23)24/h3-10,14-15,20H,11-13H2,1-2H3/t14-,15?,20?/m1/s1.